The summed E-state index contributed by atoms with van der Waals surface area (Å²) < 4.78 is 41.8. The van der Waals surface area contributed by atoms with Gasteiger partial charge in [-0.2, -0.15) is 5.10 Å². The molecule has 0 radical (unpaired) electrons. The Morgan fingerprint density at radius 2 is 1.84 bits per heavy atom. The molecule has 1 saturated heterocycles. The van der Waals surface area contributed by atoms with Crippen LogP contribution in [0.25, 0.3) is 28.4 Å². The summed E-state index contributed by atoms with van der Waals surface area (Å²) in [5.41, 5.74) is 3.62. The van der Waals surface area contributed by atoms with Crippen LogP contribution in [-0.2, 0) is 13.2 Å². The van der Waals surface area contributed by atoms with E-state index in [0.29, 0.717) is 71.7 Å². The Morgan fingerprint density at radius 3 is 2.51 bits per heavy atom. The summed E-state index contributed by atoms with van der Waals surface area (Å²) in [4.78, 5) is 16.3. The Hall–Kier alpha value is -3.79. The van der Waals surface area contributed by atoms with E-state index in [1.54, 1.807) is 38.5 Å². The highest BCUT2D eigenvalue weighted by Gasteiger charge is 2.23. The van der Waals surface area contributed by atoms with Gasteiger partial charge >= 0.3 is 0 Å². The zero-order valence-electron chi connectivity index (χ0n) is 20.6. The normalized spacial score (nSPS) is 14.4. The van der Waals surface area contributed by atoms with E-state index in [-0.39, 0.29) is 0 Å². The highest BCUT2D eigenvalue weighted by Crippen LogP contribution is 2.33. The average molecular weight is 509 g/mol. The van der Waals surface area contributed by atoms with Crippen LogP contribution in [0.1, 0.15) is 37.9 Å². The molecule has 37 heavy (non-hydrogen) atoms. The van der Waals surface area contributed by atoms with Crippen LogP contribution in [0.2, 0.25) is 0 Å². The molecule has 192 valence electrons. The smallest absolute Gasteiger partial charge is 0.181 e. The average Bonchev–Trinajstić information content (AvgIpc) is 3.34. The maximum absolute atomic E-state index is 14.1. The van der Waals surface area contributed by atoms with Gasteiger partial charge in [-0.15, -0.1) is 0 Å². The fraction of sp³-hybridized carbons (Fsp3) is 0.333. The molecule has 3 aromatic heterocycles. The van der Waals surface area contributed by atoms with Gasteiger partial charge in [0.2, 0.25) is 0 Å². The number of aliphatic hydroxyl groups is 1. The Balaban J connectivity index is 1.48. The van der Waals surface area contributed by atoms with Crippen LogP contribution >= 0.6 is 0 Å². The van der Waals surface area contributed by atoms with Crippen molar-refractivity contribution in [3.8, 4) is 11.3 Å². The van der Waals surface area contributed by atoms with E-state index < -0.39 is 24.0 Å². The van der Waals surface area contributed by atoms with Crippen LogP contribution in [0.5, 0.6) is 0 Å². The van der Waals surface area contributed by atoms with Gasteiger partial charge < -0.3 is 10.0 Å². The summed E-state index contributed by atoms with van der Waals surface area (Å²) in [7, 11) is 0. The van der Waals surface area contributed by atoms with Gasteiger partial charge in [-0.1, -0.05) is 11.6 Å². The molecule has 0 bridgehead atoms. The molecule has 1 aliphatic heterocycles. The van der Waals surface area contributed by atoms with Crippen molar-refractivity contribution >= 4 is 22.9 Å². The molecule has 0 atom stereocenters. The summed E-state index contributed by atoms with van der Waals surface area (Å²) in [6.45, 7) is 3.91. The number of benzene rings is 1. The summed E-state index contributed by atoms with van der Waals surface area (Å²) in [5.74, 6) is -0.551. The SMILES string of the molecule is CC(C)(O)Cc1cc2nc(N3CCC(=Cc4ccc(F)cc4F)CC3)c(-c3cnn(CF)c3)nc2cn1. The lowest BCUT2D eigenvalue weighted by Gasteiger charge is -2.30. The number of hydrogen-bond donors (Lipinski definition) is 1. The first kappa shape index (κ1) is 24.9. The zero-order valence-corrected chi connectivity index (χ0v) is 20.6. The van der Waals surface area contributed by atoms with E-state index in [1.807, 2.05) is 6.07 Å². The number of aromatic nitrogens is 5. The minimum absolute atomic E-state index is 0.363. The van der Waals surface area contributed by atoms with Crippen LogP contribution in [0.3, 0.4) is 0 Å². The van der Waals surface area contributed by atoms with E-state index >= 15 is 0 Å². The van der Waals surface area contributed by atoms with Crippen molar-refractivity contribution in [3.05, 3.63) is 71.3 Å². The van der Waals surface area contributed by atoms with Gasteiger partial charge in [0, 0.05) is 48.6 Å². The third kappa shape index (κ3) is 5.64. The molecular formula is C27H27F3N6O. The Bertz CT molecular complexity index is 1470. The summed E-state index contributed by atoms with van der Waals surface area (Å²) >= 11 is 0. The fourth-order valence-corrected chi connectivity index (χ4v) is 4.49. The first-order valence-electron chi connectivity index (χ1n) is 12.1. The van der Waals surface area contributed by atoms with Crippen LogP contribution in [0.4, 0.5) is 19.0 Å². The predicted molar refractivity (Wildman–Crippen MR) is 135 cm³/mol. The van der Waals surface area contributed by atoms with Crippen molar-refractivity contribution in [2.75, 3.05) is 18.0 Å². The number of piperidine rings is 1. The predicted octanol–water partition coefficient (Wildman–Crippen LogP) is 5.09. The summed E-state index contributed by atoms with van der Waals surface area (Å²) in [6, 6.07) is 5.40. The zero-order chi connectivity index (χ0) is 26.2. The number of alkyl halides is 1. The van der Waals surface area contributed by atoms with Crippen molar-refractivity contribution in [1.29, 1.82) is 0 Å². The number of halogens is 3. The van der Waals surface area contributed by atoms with E-state index in [1.165, 1.54) is 16.8 Å². The largest absolute Gasteiger partial charge is 0.390 e. The number of nitrogens with zero attached hydrogens (tertiary/aromatic N) is 6. The van der Waals surface area contributed by atoms with Crippen LogP contribution < -0.4 is 4.90 Å². The molecule has 1 aromatic carbocycles. The lowest BCUT2D eigenvalue weighted by Crippen LogP contribution is -2.32. The minimum Gasteiger partial charge on any atom is -0.390 e. The first-order chi connectivity index (χ1) is 17.7. The lowest BCUT2D eigenvalue weighted by atomic mass is 10.00. The molecule has 0 saturated carbocycles. The molecule has 7 nitrogen and oxygen atoms in total. The number of pyridine rings is 1. The number of hydrogen-bond acceptors (Lipinski definition) is 6. The van der Waals surface area contributed by atoms with Gasteiger partial charge in [0.1, 0.15) is 22.8 Å². The van der Waals surface area contributed by atoms with E-state index in [9.17, 15) is 18.3 Å². The molecule has 1 aliphatic rings. The van der Waals surface area contributed by atoms with Gasteiger partial charge in [-0.05, 0) is 44.9 Å². The fourth-order valence-electron chi connectivity index (χ4n) is 4.49. The summed E-state index contributed by atoms with van der Waals surface area (Å²) in [5, 5.41) is 14.3. The topological polar surface area (TPSA) is 80.0 Å². The van der Waals surface area contributed by atoms with E-state index in [4.69, 9.17) is 9.97 Å². The monoisotopic (exact) mass is 508 g/mol. The highest BCUT2D eigenvalue weighted by atomic mass is 19.1. The lowest BCUT2D eigenvalue weighted by molar-refractivity contribution is 0.0800. The van der Waals surface area contributed by atoms with Crippen molar-refractivity contribution in [2.24, 2.45) is 0 Å². The molecule has 4 aromatic rings. The number of anilines is 1. The molecule has 0 aliphatic carbocycles. The van der Waals surface area contributed by atoms with Crippen molar-refractivity contribution < 1.29 is 18.3 Å². The van der Waals surface area contributed by atoms with Gasteiger partial charge in [-0.3, -0.25) is 4.98 Å². The minimum atomic E-state index is -0.919. The molecule has 0 amide bonds. The highest BCUT2D eigenvalue weighted by molar-refractivity contribution is 5.83. The summed E-state index contributed by atoms with van der Waals surface area (Å²) in [6.07, 6.45) is 8.25. The van der Waals surface area contributed by atoms with Crippen LogP contribution in [-0.4, -0.2) is 48.5 Å². The van der Waals surface area contributed by atoms with Crippen molar-refractivity contribution in [1.82, 2.24) is 24.7 Å². The molecule has 0 spiro atoms. The Kier molecular flexibility index (Phi) is 6.68. The quantitative estimate of drug-likeness (QED) is 0.391. The Morgan fingerprint density at radius 1 is 1.05 bits per heavy atom. The molecule has 10 heteroatoms. The van der Waals surface area contributed by atoms with Gasteiger partial charge in [0.25, 0.3) is 0 Å². The first-order valence-corrected chi connectivity index (χ1v) is 12.1. The second-order valence-electron chi connectivity index (χ2n) is 9.89. The molecule has 4 heterocycles. The maximum atomic E-state index is 14.1. The number of rotatable bonds is 6. The second kappa shape index (κ2) is 9.93. The second-order valence-corrected chi connectivity index (χ2v) is 9.89. The molecule has 5 rings (SSSR count). The van der Waals surface area contributed by atoms with E-state index in [0.717, 1.165) is 11.6 Å². The van der Waals surface area contributed by atoms with Gasteiger partial charge in [-0.25, -0.2) is 27.8 Å². The van der Waals surface area contributed by atoms with Gasteiger partial charge in [0.15, 0.2) is 12.6 Å². The van der Waals surface area contributed by atoms with Gasteiger partial charge in [0.05, 0.1) is 23.5 Å². The van der Waals surface area contributed by atoms with Crippen LogP contribution in [0, 0.1) is 11.6 Å². The maximum Gasteiger partial charge on any atom is 0.181 e. The third-order valence-electron chi connectivity index (χ3n) is 6.26. The van der Waals surface area contributed by atoms with Crippen molar-refractivity contribution in [2.45, 2.75) is 45.5 Å². The Labute approximate surface area is 212 Å². The van der Waals surface area contributed by atoms with Crippen molar-refractivity contribution in [3.63, 3.8) is 0 Å². The standard InChI is InChI=1S/C27H27F3N6O/c1-27(2,37)12-21-11-23-24(14-31-21)33-25(19-13-32-36(15-19)16-28)26(34-23)35-7-5-17(6-8-35)9-18-3-4-20(29)10-22(18)30/h3-4,9-11,13-15,37H,5-8,12,16H2,1-2H3. The molecule has 1 N–H and O–H groups in total. The third-order valence-corrected chi connectivity index (χ3v) is 6.26. The molecule has 0 unspecified atom stereocenters. The van der Waals surface area contributed by atoms with Crippen LogP contribution in [0.15, 0.2) is 48.4 Å². The molecule has 1 fully saturated rings. The van der Waals surface area contributed by atoms with E-state index in [2.05, 4.69) is 15.0 Å². The molecular weight excluding hydrogens is 481 g/mol. The number of fused-ring (bicyclic) bond motifs is 1.